The first-order chi connectivity index (χ1) is 11.4. The third-order valence-corrected chi connectivity index (χ3v) is 3.97. The zero-order chi connectivity index (χ0) is 19.4. The van der Waals surface area contributed by atoms with Gasteiger partial charge in [-0.05, 0) is 18.2 Å². The van der Waals surface area contributed by atoms with Crippen LogP contribution in [0.15, 0.2) is 34.9 Å². The average molecular weight is 381 g/mol. The highest BCUT2D eigenvalue weighted by Gasteiger charge is 2.35. The first-order valence-corrected chi connectivity index (χ1v) is 8.35. The van der Waals surface area contributed by atoms with Crippen LogP contribution in [-0.2, 0) is 35.1 Å². The van der Waals surface area contributed by atoms with Crippen LogP contribution in [0.3, 0.4) is 0 Å². The second kappa shape index (κ2) is 7.55. The molecule has 0 unspecified atom stereocenters. The minimum atomic E-state index is -4.92. The summed E-state index contributed by atoms with van der Waals surface area (Å²) < 4.78 is 71.2. The molecule has 0 spiro atoms. The number of esters is 2. The number of anilines is 1. The SMILES string of the molecule is COC(=O)/C=C(/Nc1ccc(S(C)(=O)=O)cc1C(F)(F)F)C(=O)OC. The number of hydrogen-bond donors (Lipinski definition) is 1. The van der Waals surface area contributed by atoms with Crippen molar-refractivity contribution in [1.29, 1.82) is 0 Å². The quantitative estimate of drug-likeness (QED) is 0.613. The molecule has 0 radical (unpaired) electrons. The molecule has 1 aromatic rings. The fourth-order valence-corrected chi connectivity index (χ4v) is 2.32. The van der Waals surface area contributed by atoms with Gasteiger partial charge in [-0.1, -0.05) is 0 Å². The van der Waals surface area contributed by atoms with Crippen molar-refractivity contribution < 1.29 is 40.7 Å². The Balaban J connectivity index is 3.47. The van der Waals surface area contributed by atoms with Crippen molar-refractivity contribution in [2.24, 2.45) is 0 Å². The van der Waals surface area contributed by atoms with Gasteiger partial charge in [0.05, 0.1) is 36.4 Å². The van der Waals surface area contributed by atoms with Gasteiger partial charge < -0.3 is 14.8 Å². The van der Waals surface area contributed by atoms with E-state index in [1.54, 1.807) is 0 Å². The number of sulfone groups is 1. The first kappa shape index (κ1) is 20.5. The van der Waals surface area contributed by atoms with Crippen LogP contribution >= 0.6 is 0 Å². The van der Waals surface area contributed by atoms with E-state index in [1.165, 1.54) is 0 Å². The van der Waals surface area contributed by atoms with Crippen LogP contribution in [0.1, 0.15) is 5.56 Å². The van der Waals surface area contributed by atoms with Crippen LogP contribution in [0.2, 0.25) is 0 Å². The summed E-state index contributed by atoms with van der Waals surface area (Å²) >= 11 is 0. The lowest BCUT2D eigenvalue weighted by molar-refractivity contribution is -0.138. The van der Waals surface area contributed by atoms with E-state index >= 15 is 0 Å². The molecule has 138 valence electrons. The van der Waals surface area contributed by atoms with Crippen molar-refractivity contribution in [3.63, 3.8) is 0 Å². The molecule has 0 aliphatic carbocycles. The third-order valence-electron chi connectivity index (χ3n) is 2.86. The maximum Gasteiger partial charge on any atom is 0.418 e. The van der Waals surface area contributed by atoms with Crippen LogP contribution in [0, 0.1) is 0 Å². The fourth-order valence-electron chi connectivity index (χ4n) is 1.68. The zero-order valence-corrected chi connectivity index (χ0v) is 14.1. The van der Waals surface area contributed by atoms with Gasteiger partial charge in [-0.2, -0.15) is 13.2 Å². The Hall–Kier alpha value is -2.56. The molecule has 0 aliphatic heterocycles. The molecule has 0 aromatic heterocycles. The normalized spacial score (nSPS) is 12.5. The summed E-state index contributed by atoms with van der Waals surface area (Å²) in [7, 11) is -1.91. The number of ether oxygens (including phenoxy) is 2. The summed E-state index contributed by atoms with van der Waals surface area (Å²) in [5.41, 5.74) is -2.59. The van der Waals surface area contributed by atoms with E-state index in [9.17, 15) is 31.2 Å². The van der Waals surface area contributed by atoms with Crippen LogP contribution in [0.5, 0.6) is 0 Å². The van der Waals surface area contributed by atoms with Crippen LogP contribution in [0.25, 0.3) is 0 Å². The van der Waals surface area contributed by atoms with Gasteiger partial charge in [-0.25, -0.2) is 18.0 Å². The number of benzene rings is 1. The van der Waals surface area contributed by atoms with Gasteiger partial charge in [0.25, 0.3) is 0 Å². The van der Waals surface area contributed by atoms with Gasteiger partial charge in [0.2, 0.25) is 0 Å². The monoisotopic (exact) mass is 381 g/mol. The lowest BCUT2D eigenvalue weighted by Crippen LogP contribution is -2.18. The molecule has 0 aliphatic rings. The summed E-state index contributed by atoms with van der Waals surface area (Å²) in [6, 6.07) is 2.18. The Labute approximate surface area is 141 Å². The molecule has 1 N–H and O–H groups in total. The maximum absolute atomic E-state index is 13.2. The van der Waals surface area contributed by atoms with E-state index in [-0.39, 0.29) is 0 Å². The van der Waals surface area contributed by atoms with Crippen LogP contribution < -0.4 is 5.32 Å². The van der Waals surface area contributed by atoms with E-state index < -0.39 is 49.8 Å². The number of nitrogens with one attached hydrogen (secondary N) is 1. The van der Waals surface area contributed by atoms with Gasteiger partial charge >= 0.3 is 18.1 Å². The summed E-state index contributed by atoms with van der Waals surface area (Å²) in [5.74, 6) is -2.13. The molecular weight excluding hydrogens is 367 g/mol. The lowest BCUT2D eigenvalue weighted by atomic mass is 10.1. The van der Waals surface area contributed by atoms with Crippen LogP contribution in [0.4, 0.5) is 18.9 Å². The number of halogens is 3. The molecule has 1 rings (SSSR count). The Morgan fingerprint density at radius 2 is 1.76 bits per heavy atom. The van der Waals surface area contributed by atoms with Crippen molar-refractivity contribution in [3.8, 4) is 0 Å². The largest absolute Gasteiger partial charge is 0.466 e. The number of alkyl halides is 3. The minimum absolute atomic E-state index is 0.421. The lowest BCUT2D eigenvalue weighted by Gasteiger charge is -2.16. The molecule has 0 atom stereocenters. The Morgan fingerprint density at radius 3 is 2.20 bits per heavy atom. The standard InChI is InChI=1S/C14H14F3NO6S/c1-23-12(19)7-11(13(20)24-2)18-10-5-4-8(25(3,21)22)6-9(10)14(15,16)17/h4-7,18H,1-3H3/b11-7+. The minimum Gasteiger partial charge on any atom is -0.466 e. The summed E-state index contributed by atoms with van der Waals surface area (Å²) in [6.45, 7) is 0. The van der Waals surface area contributed by atoms with Gasteiger partial charge in [0, 0.05) is 6.26 Å². The number of carbonyl (C=O) groups excluding carboxylic acids is 2. The maximum atomic E-state index is 13.2. The van der Waals surface area contributed by atoms with Gasteiger partial charge in [-0.15, -0.1) is 0 Å². The van der Waals surface area contributed by atoms with E-state index in [0.717, 1.165) is 32.6 Å². The van der Waals surface area contributed by atoms with Crippen molar-refractivity contribution in [3.05, 3.63) is 35.5 Å². The van der Waals surface area contributed by atoms with Gasteiger partial charge in [0.1, 0.15) is 5.70 Å². The number of methoxy groups -OCH3 is 2. The molecule has 0 saturated carbocycles. The van der Waals surface area contributed by atoms with Crippen molar-refractivity contribution in [1.82, 2.24) is 0 Å². The van der Waals surface area contributed by atoms with E-state index in [2.05, 4.69) is 14.8 Å². The molecule has 0 heterocycles. The van der Waals surface area contributed by atoms with E-state index in [0.29, 0.717) is 12.1 Å². The molecule has 7 nitrogen and oxygen atoms in total. The summed E-state index contributed by atoms with van der Waals surface area (Å²) in [5, 5.41) is 2.12. The van der Waals surface area contributed by atoms with Crippen molar-refractivity contribution in [2.45, 2.75) is 11.1 Å². The Morgan fingerprint density at radius 1 is 1.16 bits per heavy atom. The predicted octanol–water partition coefficient (Wildman–Crippen LogP) is 1.75. The van der Waals surface area contributed by atoms with E-state index in [4.69, 9.17) is 0 Å². The Bertz CT molecular complexity index is 814. The predicted molar refractivity (Wildman–Crippen MR) is 80.3 cm³/mol. The highest BCUT2D eigenvalue weighted by atomic mass is 32.2. The van der Waals surface area contributed by atoms with Crippen molar-refractivity contribution in [2.75, 3.05) is 25.8 Å². The topological polar surface area (TPSA) is 98.8 Å². The second-order valence-electron chi connectivity index (χ2n) is 4.68. The Kier molecular flexibility index (Phi) is 6.19. The molecular formula is C14H14F3NO6S. The molecule has 0 amide bonds. The smallest absolute Gasteiger partial charge is 0.418 e. The second-order valence-corrected chi connectivity index (χ2v) is 6.69. The highest BCUT2D eigenvalue weighted by Crippen LogP contribution is 2.37. The zero-order valence-electron chi connectivity index (χ0n) is 13.3. The number of rotatable bonds is 5. The summed E-state index contributed by atoms with van der Waals surface area (Å²) in [6.07, 6.45) is -3.56. The van der Waals surface area contributed by atoms with E-state index in [1.807, 2.05) is 0 Å². The van der Waals surface area contributed by atoms with Gasteiger partial charge in [0.15, 0.2) is 9.84 Å². The third kappa shape index (κ3) is 5.48. The molecule has 1 aromatic carbocycles. The molecule has 25 heavy (non-hydrogen) atoms. The number of hydrogen-bond acceptors (Lipinski definition) is 7. The average Bonchev–Trinajstić information content (AvgIpc) is 2.51. The fraction of sp³-hybridized carbons (Fsp3) is 0.286. The van der Waals surface area contributed by atoms with Crippen molar-refractivity contribution >= 4 is 27.5 Å². The molecule has 11 heteroatoms. The summed E-state index contributed by atoms with van der Waals surface area (Å²) in [4.78, 5) is 22.3. The van der Waals surface area contributed by atoms with Gasteiger partial charge in [-0.3, -0.25) is 0 Å². The molecule has 0 saturated heterocycles. The number of carbonyl (C=O) groups is 2. The van der Waals surface area contributed by atoms with Crippen LogP contribution in [-0.4, -0.2) is 40.8 Å². The molecule has 0 bridgehead atoms. The molecule has 0 fully saturated rings. The highest BCUT2D eigenvalue weighted by molar-refractivity contribution is 7.90. The first-order valence-electron chi connectivity index (χ1n) is 6.46.